The molecule has 0 N–H and O–H groups in total. The minimum Gasteiger partial charge on any atom is -0.486 e. The van der Waals surface area contributed by atoms with Gasteiger partial charge in [0.1, 0.15) is 11.9 Å². The van der Waals surface area contributed by atoms with Crippen molar-refractivity contribution >= 4 is 17.6 Å². The Labute approximate surface area is 105 Å². The van der Waals surface area contributed by atoms with Crippen molar-refractivity contribution in [2.75, 3.05) is 7.11 Å². The molecule has 1 aliphatic rings. The average Bonchev–Trinajstić information content (AvgIpc) is 2.75. The summed E-state index contributed by atoms with van der Waals surface area (Å²) in [6.45, 7) is 0. The van der Waals surface area contributed by atoms with Crippen LogP contribution in [0.15, 0.2) is 36.4 Å². The van der Waals surface area contributed by atoms with E-state index in [1.165, 1.54) is 7.11 Å². The van der Waals surface area contributed by atoms with Crippen LogP contribution in [-0.4, -0.2) is 24.6 Å². The van der Waals surface area contributed by atoms with E-state index in [2.05, 4.69) is 4.74 Å². The van der Waals surface area contributed by atoms with Crippen LogP contribution in [-0.2, 0) is 4.74 Å². The number of carbonyl (C=O) groups excluding carboxylic acids is 1. The number of carbonyl (C=O) groups is 1. The fourth-order valence-electron chi connectivity index (χ4n) is 1.67. The lowest BCUT2D eigenvalue weighted by atomic mass is 10.2. The zero-order valence-electron chi connectivity index (χ0n) is 9.43. The fraction of sp³-hybridized carbons (Fsp3) is 0.308. The van der Waals surface area contributed by atoms with E-state index in [0.29, 0.717) is 5.56 Å². The molecule has 0 saturated carbocycles. The number of alkyl halides is 1. The van der Waals surface area contributed by atoms with Gasteiger partial charge in [-0.2, -0.15) is 0 Å². The predicted molar refractivity (Wildman–Crippen MR) is 65.6 cm³/mol. The molecule has 0 heterocycles. The molecule has 0 aromatic heterocycles. The topological polar surface area (TPSA) is 35.5 Å². The fourth-order valence-corrected chi connectivity index (χ4v) is 1.93. The number of rotatable bonds is 3. The molecule has 0 bridgehead atoms. The van der Waals surface area contributed by atoms with Gasteiger partial charge in [0.25, 0.3) is 0 Å². The number of hydrogen-bond donors (Lipinski definition) is 0. The molecular weight excluding hydrogens is 240 g/mol. The van der Waals surface area contributed by atoms with E-state index in [4.69, 9.17) is 16.3 Å². The van der Waals surface area contributed by atoms with Crippen molar-refractivity contribution in [1.29, 1.82) is 0 Å². The Morgan fingerprint density at radius 3 is 2.53 bits per heavy atom. The number of ether oxygens (including phenoxy) is 2. The van der Waals surface area contributed by atoms with Crippen LogP contribution in [0.2, 0.25) is 0 Å². The molecule has 0 aliphatic heterocycles. The second kappa shape index (κ2) is 5.23. The van der Waals surface area contributed by atoms with Gasteiger partial charge in [-0.3, -0.25) is 0 Å². The SMILES string of the molecule is COC(=O)c1ccc(O[C@@H]2C=C[C@H](Cl)C2)cc1. The van der Waals surface area contributed by atoms with Gasteiger partial charge in [-0.15, -0.1) is 11.6 Å². The standard InChI is InChI=1S/C13H13ClO3/c1-16-13(15)9-2-5-11(6-3-9)17-12-7-4-10(14)8-12/h2-7,10,12H,8H2,1H3/t10-,12+/m0/s1. The van der Waals surface area contributed by atoms with Crippen LogP contribution in [0, 0.1) is 0 Å². The van der Waals surface area contributed by atoms with Crippen molar-refractivity contribution in [3.8, 4) is 5.75 Å². The first-order chi connectivity index (χ1) is 8.19. The number of allylic oxidation sites excluding steroid dienone is 1. The van der Waals surface area contributed by atoms with E-state index in [1.54, 1.807) is 24.3 Å². The third-order valence-electron chi connectivity index (χ3n) is 2.55. The van der Waals surface area contributed by atoms with Gasteiger partial charge in [0.05, 0.1) is 18.1 Å². The highest BCUT2D eigenvalue weighted by molar-refractivity contribution is 6.22. The molecule has 17 heavy (non-hydrogen) atoms. The van der Waals surface area contributed by atoms with Gasteiger partial charge in [0.2, 0.25) is 0 Å². The molecule has 2 atom stereocenters. The molecular formula is C13H13ClO3. The van der Waals surface area contributed by atoms with E-state index in [9.17, 15) is 4.79 Å². The highest BCUT2D eigenvalue weighted by atomic mass is 35.5. The summed E-state index contributed by atoms with van der Waals surface area (Å²) in [5.74, 6) is 0.371. The van der Waals surface area contributed by atoms with Gasteiger partial charge < -0.3 is 9.47 Å². The number of halogens is 1. The van der Waals surface area contributed by atoms with Crippen molar-refractivity contribution < 1.29 is 14.3 Å². The molecule has 1 aromatic rings. The lowest BCUT2D eigenvalue weighted by Gasteiger charge is -2.12. The quantitative estimate of drug-likeness (QED) is 0.471. The Kier molecular flexibility index (Phi) is 3.69. The third-order valence-corrected chi connectivity index (χ3v) is 2.88. The maximum Gasteiger partial charge on any atom is 0.337 e. The van der Waals surface area contributed by atoms with E-state index >= 15 is 0 Å². The number of esters is 1. The van der Waals surface area contributed by atoms with Gasteiger partial charge in [-0.05, 0) is 30.3 Å². The first kappa shape index (κ1) is 12.0. The highest BCUT2D eigenvalue weighted by Crippen LogP contribution is 2.22. The van der Waals surface area contributed by atoms with Crippen molar-refractivity contribution in [2.24, 2.45) is 0 Å². The van der Waals surface area contributed by atoms with Gasteiger partial charge in [0.15, 0.2) is 0 Å². The van der Waals surface area contributed by atoms with Crippen LogP contribution >= 0.6 is 11.6 Å². The van der Waals surface area contributed by atoms with E-state index in [0.717, 1.165) is 12.2 Å². The number of benzene rings is 1. The van der Waals surface area contributed by atoms with Crippen molar-refractivity contribution in [3.05, 3.63) is 42.0 Å². The van der Waals surface area contributed by atoms with Crippen LogP contribution < -0.4 is 4.74 Å². The van der Waals surface area contributed by atoms with Gasteiger partial charge in [-0.25, -0.2) is 4.79 Å². The molecule has 90 valence electrons. The average molecular weight is 253 g/mol. The Morgan fingerprint density at radius 2 is 2.00 bits per heavy atom. The molecule has 2 rings (SSSR count). The summed E-state index contributed by atoms with van der Waals surface area (Å²) in [6, 6.07) is 6.86. The lowest BCUT2D eigenvalue weighted by Crippen LogP contribution is -2.12. The van der Waals surface area contributed by atoms with E-state index < -0.39 is 0 Å². The monoisotopic (exact) mass is 252 g/mol. The van der Waals surface area contributed by atoms with Gasteiger partial charge >= 0.3 is 5.97 Å². The van der Waals surface area contributed by atoms with Crippen molar-refractivity contribution in [1.82, 2.24) is 0 Å². The predicted octanol–water partition coefficient (Wildman–Crippen LogP) is 2.79. The molecule has 3 nitrogen and oxygen atoms in total. The number of hydrogen-bond acceptors (Lipinski definition) is 3. The number of methoxy groups -OCH3 is 1. The van der Waals surface area contributed by atoms with E-state index in [-0.39, 0.29) is 17.5 Å². The maximum atomic E-state index is 11.2. The molecule has 0 unspecified atom stereocenters. The zero-order valence-corrected chi connectivity index (χ0v) is 10.2. The summed E-state index contributed by atoms with van der Waals surface area (Å²) in [5, 5.41) is 0.0503. The van der Waals surface area contributed by atoms with Crippen molar-refractivity contribution in [3.63, 3.8) is 0 Å². The van der Waals surface area contributed by atoms with Crippen LogP contribution in [0.25, 0.3) is 0 Å². The Bertz CT molecular complexity index is 425. The molecule has 1 aromatic carbocycles. The molecule has 4 heteroatoms. The Hall–Kier alpha value is -1.48. The summed E-state index contributed by atoms with van der Waals surface area (Å²) < 4.78 is 10.3. The normalized spacial score (nSPS) is 22.5. The maximum absolute atomic E-state index is 11.2. The first-order valence-corrected chi connectivity index (χ1v) is 5.80. The molecule has 0 fully saturated rings. The summed E-state index contributed by atoms with van der Waals surface area (Å²) in [5.41, 5.74) is 0.511. The van der Waals surface area contributed by atoms with Crippen molar-refractivity contribution in [2.45, 2.75) is 17.9 Å². The van der Waals surface area contributed by atoms with Crippen LogP contribution in [0.4, 0.5) is 0 Å². The smallest absolute Gasteiger partial charge is 0.337 e. The van der Waals surface area contributed by atoms with Gasteiger partial charge in [0, 0.05) is 6.42 Å². The second-order valence-corrected chi connectivity index (χ2v) is 4.37. The molecule has 0 amide bonds. The van der Waals surface area contributed by atoms with Crippen LogP contribution in [0.3, 0.4) is 0 Å². The largest absolute Gasteiger partial charge is 0.486 e. The lowest BCUT2D eigenvalue weighted by molar-refractivity contribution is 0.0600. The minimum atomic E-state index is -0.349. The summed E-state index contributed by atoms with van der Waals surface area (Å²) in [7, 11) is 1.36. The Balaban J connectivity index is 1.99. The minimum absolute atomic E-state index is 0.0153. The molecule has 0 saturated heterocycles. The Morgan fingerprint density at radius 1 is 1.29 bits per heavy atom. The van der Waals surface area contributed by atoms with Crippen LogP contribution in [0.1, 0.15) is 16.8 Å². The molecule has 0 spiro atoms. The molecule has 0 radical (unpaired) electrons. The van der Waals surface area contributed by atoms with Crippen LogP contribution in [0.5, 0.6) is 5.75 Å². The first-order valence-electron chi connectivity index (χ1n) is 5.36. The summed E-state index contributed by atoms with van der Waals surface area (Å²) >= 11 is 5.93. The molecule has 1 aliphatic carbocycles. The second-order valence-electron chi connectivity index (χ2n) is 3.81. The summed E-state index contributed by atoms with van der Waals surface area (Å²) in [4.78, 5) is 11.2. The highest BCUT2D eigenvalue weighted by Gasteiger charge is 2.18. The van der Waals surface area contributed by atoms with E-state index in [1.807, 2.05) is 12.2 Å². The zero-order chi connectivity index (χ0) is 12.3. The van der Waals surface area contributed by atoms with Gasteiger partial charge in [-0.1, -0.05) is 6.08 Å². The third kappa shape index (κ3) is 3.01. The summed E-state index contributed by atoms with van der Waals surface area (Å²) in [6.07, 6.45) is 4.67.